The molecule has 2 N–H and O–H groups in total. The lowest BCUT2D eigenvalue weighted by molar-refractivity contribution is 0.247. The maximum atomic E-state index is 5.94. The molecule has 3 rings (SSSR count). The highest BCUT2D eigenvalue weighted by Crippen LogP contribution is 2.31. The van der Waals surface area contributed by atoms with Crippen molar-refractivity contribution in [1.29, 1.82) is 0 Å². The summed E-state index contributed by atoms with van der Waals surface area (Å²) in [6, 6.07) is 11.1. The Morgan fingerprint density at radius 2 is 2.15 bits per heavy atom. The Balaban J connectivity index is 1.74. The third-order valence-corrected chi connectivity index (χ3v) is 4.47. The number of nitrogens with two attached hydrogens (primary N) is 1. The zero-order valence-electron chi connectivity index (χ0n) is 11.7. The molecular formula is C16H20N2OS. The molecule has 0 atom stereocenters. The molecule has 0 bridgehead atoms. The van der Waals surface area contributed by atoms with Crippen molar-refractivity contribution in [2.45, 2.75) is 32.0 Å². The molecule has 0 spiro atoms. The van der Waals surface area contributed by atoms with Gasteiger partial charge < -0.3 is 10.5 Å². The van der Waals surface area contributed by atoms with Gasteiger partial charge in [0.2, 0.25) is 0 Å². The molecule has 4 heteroatoms. The molecule has 106 valence electrons. The van der Waals surface area contributed by atoms with Crippen molar-refractivity contribution in [2.24, 2.45) is 0 Å². The summed E-state index contributed by atoms with van der Waals surface area (Å²) in [4.78, 5) is 3.97. The first kappa shape index (κ1) is 13.5. The van der Waals surface area contributed by atoms with E-state index >= 15 is 0 Å². The molecule has 1 aromatic heterocycles. The van der Waals surface area contributed by atoms with E-state index in [4.69, 9.17) is 10.5 Å². The number of thiophene rings is 1. The topological polar surface area (TPSA) is 38.5 Å². The van der Waals surface area contributed by atoms with Gasteiger partial charge in [-0.25, -0.2) is 0 Å². The van der Waals surface area contributed by atoms with Crippen LogP contribution in [0.4, 0.5) is 5.69 Å². The Kier molecular flexibility index (Phi) is 3.94. The molecule has 20 heavy (non-hydrogen) atoms. The third-order valence-electron chi connectivity index (χ3n) is 3.61. The molecular weight excluding hydrogens is 268 g/mol. The highest BCUT2D eigenvalue weighted by atomic mass is 32.1. The zero-order valence-corrected chi connectivity index (χ0v) is 12.5. The number of ether oxygens (including phenoxy) is 1. The summed E-state index contributed by atoms with van der Waals surface area (Å²) in [7, 11) is 1.68. The molecule has 0 radical (unpaired) electrons. The number of methoxy groups -OCH3 is 1. The Morgan fingerprint density at radius 3 is 2.80 bits per heavy atom. The van der Waals surface area contributed by atoms with Crippen molar-refractivity contribution >= 4 is 17.0 Å². The monoisotopic (exact) mass is 288 g/mol. The summed E-state index contributed by atoms with van der Waals surface area (Å²) in [5, 5.41) is 2.14. The molecule has 0 amide bonds. The second-order valence-corrected chi connectivity index (χ2v) is 6.36. The maximum Gasteiger partial charge on any atom is 0.121 e. The van der Waals surface area contributed by atoms with E-state index in [1.807, 2.05) is 23.5 Å². The van der Waals surface area contributed by atoms with Crippen LogP contribution in [-0.4, -0.2) is 18.1 Å². The summed E-state index contributed by atoms with van der Waals surface area (Å²) in [5.74, 6) is 0.840. The van der Waals surface area contributed by atoms with Gasteiger partial charge in [0.15, 0.2) is 0 Å². The van der Waals surface area contributed by atoms with Gasteiger partial charge in [0.25, 0.3) is 0 Å². The molecule has 0 saturated heterocycles. The number of benzene rings is 1. The molecule has 1 aromatic carbocycles. The fourth-order valence-electron chi connectivity index (χ4n) is 2.49. The van der Waals surface area contributed by atoms with E-state index < -0.39 is 0 Å². The van der Waals surface area contributed by atoms with Crippen LogP contribution in [0.15, 0.2) is 35.7 Å². The molecule has 1 saturated carbocycles. The maximum absolute atomic E-state index is 5.94. The van der Waals surface area contributed by atoms with Crippen LogP contribution in [0, 0.1) is 0 Å². The van der Waals surface area contributed by atoms with Crippen LogP contribution in [0.25, 0.3) is 0 Å². The van der Waals surface area contributed by atoms with Gasteiger partial charge in [-0.15, -0.1) is 11.3 Å². The highest BCUT2D eigenvalue weighted by molar-refractivity contribution is 7.09. The highest BCUT2D eigenvalue weighted by Gasteiger charge is 2.29. The van der Waals surface area contributed by atoms with Crippen molar-refractivity contribution < 1.29 is 4.74 Å². The lowest BCUT2D eigenvalue weighted by atomic mass is 10.1. The Bertz CT molecular complexity index is 564. The molecule has 1 aliphatic rings. The molecule has 1 aliphatic carbocycles. The average molecular weight is 288 g/mol. The summed E-state index contributed by atoms with van der Waals surface area (Å²) in [6.07, 6.45) is 2.62. The van der Waals surface area contributed by atoms with E-state index in [0.29, 0.717) is 0 Å². The minimum Gasteiger partial charge on any atom is -0.497 e. The quantitative estimate of drug-likeness (QED) is 0.827. The van der Waals surface area contributed by atoms with Gasteiger partial charge in [-0.1, -0.05) is 6.07 Å². The normalized spacial score (nSPS) is 14.7. The van der Waals surface area contributed by atoms with E-state index in [9.17, 15) is 0 Å². The summed E-state index contributed by atoms with van der Waals surface area (Å²) < 4.78 is 5.30. The van der Waals surface area contributed by atoms with E-state index in [2.05, 4.69) is 28.5 Å². The number of nitrogen functional groups attached to an aromatic ring is 1. The lowest BCUT2D eigenvalue weighted by Crippen LogP contribution is -2.24. The molecule has 1 fully saturated rings. The first-order valence-electron chi connectivity index (χ1n) is 6.94. The van der Waals surface area contributed by atoms with Crippen molar-refractivity contribution in [3.8, 4) is 5.75 Å². The predicted octanol–water partition coefficient (Wildman–Crippen LogP) is 3.50. The van der Waals surface area contributed by atoms with Crippen molar-refractivity contribution in [1.82, 2.24) is 4.90 Å². The number of hydrogen-bond donors (Lipinski definition) is 1. The summed E-state index contributed by atoms with van der Waals surface area (Å²) in [6.45, 7) is 1.96. The van der Waals surface area contributed by atoms with Crippen molar-refractivity contribution in [3.05, 3.63) is 46.2 Å². The molecule has 1 heterocycles. The van der Waals surface area contributed by atoms with Gasteiger partial charge in [-0.05, 0) is 42.0 Å². The van der Waals surface area contributed by atoms with Gasteiger partial charge in [0, 0.05) is 35.8 Å². The van der Waals surface area contributed by atoms with Crippen LogP contribution >= 0.6 is 11.3 Å². The van der Waals surface area contributed by atoms with Gasteiger partial charge in [0.1, 0.15) is 5.75 Å². The Labute approximate surface area is 124 Å². The second-order valence-electron chi connectivity index (χ2n) is 5.33. The van der Waals surface area contributed by atoms with Crippen molar-refractivity contribution in [2.75, 3.05) is 12.8 Å². The summed E-state index contributed by atoms with van der Waals surface area (Å²) in [5.41, 5.74) is 7.94. The van der Waals surface area contributed by atoms with Crippen LogP contribution in [0.3, 0.4) is 0 Å². The molecule has 0 aliphatic heterocycles. The first-order chi connectivity index (χ1) is 9.74. The summed E-state index contributed by atoms with van der Waals surface area (Å²) >= 11 is 1.83. The van der Waals surface area contributed by atoms with Crippen molar-refractivity contribution in [3.63, 3.8) is 0 Å². The largest absolute Gasteiger partial charge is 0.497 e. The Morgan fingerprint density at radius 1 is 1.30 bits per heavy atom. The lowest BCUT2D eigenvalue weighted by Gasteiger charge is -2.22. The molecule has 2 aromatic rings. The van der Waals surface area contributed by atoms with Gasteiger partial charge >= 0.3 is 0 Å². The standard InChI is InChI=1S/C16H20N2OS/c1-19-15-8-12(7-13(17)9-15)10-18(14-4-5-14)11-16-3-2-6-20-16/h2-3,6-9,14H,4-5,10-11,17H2,1H3. The predicted molar refractivity (Wildman–Crippen MR) is 84.0 cm³/mol. The average Bonchev–Trinajstić information content (AvgIpc) is 3.16. The van der Waals surface area contributed by atoms with Gasteiger partial charge in [0.05, 0.1) is 7.11 Å². The number of nitrogens with zero attached hydrogens (tertiary/aromatic N) is 1. The fourth-order valence-corrected chi connectivity index (χ4v) is 3.22. The molecule has 0 unspecified atom stereocenters. The van der Waals surface area contributed by atoms with Crippen LogP contribution in [0.2, 0.25) is 0 Å². The van der Waals surface area contributed by atoms with Gasteiger partial charge in [-0.3, -0.25) is 4.90 Å². The fraction of sp³-hybridized carbons (Fsp3) is 0.375. The van der Waals surface area contributed by atoms with E-state index in [1.165, 1.54) is 23.3 Å². The van der Waals surface area contributed by atoms with Gasteiger partial charge in [-0.2, -0.15) is 0 Å². The van der Waals surface area contributed by atoms with E-state index in [-0.39, 0.29) is 0 Å². The third kappa shape index (κ3) is 3.32. The Hall–Kier alpha value is -1.52. The van der Waals surface area contributed by atoms with E-state index in [1.54, 1.807) is 7.11 Å². The number of hydrogen-bond acceptors (Lipinski definition) is 4. The minimum absolute atomic E-state index is 0.726. The number of rotatable bonds is 6. The molecule has 3 nitrogen and oxygen atoms in total. The van der Waals surface area contributed by atoms with Crippen LogP contribution in [0.5, 0.6) is 5.75 Å². The van der Waals surface area contributed by atoms with E-state index in [0.717, 1.165) is 30.6 Å². The first-order valence-corrected chi connectivity index (χ1v) is 7.82. The zero-order chi connectivity index (χ0) is 13.9. The SMILES string of the molecule is COc1cc(N)cc(CN(Cc2cccs2)C2CC2)c1. The van der Waals surface area contributed by atoms with Crippen LogP contribution in [-0.2, 0) is 13.1 Å². The number of anilines is 1. The van der Waals surface area contributed by atoms with Crippen LogP contribution in [0.1, 0.15) is 23.3 Å². The minimum atomic E-state index is 0.726. The smallest absolute Gasteiger partial charge is 0.121 e. The second kappa shape index (κ2) is 5.85. The van der Waals surface area contributed by atoms with Crippen LogP contribution < -0.4 is 10.5 Å².